The Morgan fingerprint density at radius 2 is 2.00 bits per heavy atom. The standard InChI is InChI=1S/C7H12O3/c1-5(8)3-4-7(10)6(2)9/h3-4,6-7,9-10H,1-2H3/b4-3+/t6-,7-/m1/s1. The fourth-order valence-corrected chi connectivity index (χ4v) is 0.395. The van der Waals surface area contributed by atoms with Gasteiger partial charge in [0.05, 0.1) is 12.2 Å². The molecule has 0 radical (unpaired) electrons. The smallest absolute Gasteiger partial charge is 0.152 e. The normalized spacial score (nSPS) is 17.2. The van der Waals surface area contributed by atoms with Crippen LogP contribution in [-0.2, 0) is 4.79 Å². The number of aliphatic hydroxyl groups excluding tert-OH is 2. The summed E-state index contributed by atoms with van der Waals surface area (Å²) in [7, 11) is 0. The maximum atomic E-state index is 10.3. The molecule has 0 unspecified atom stereocenters. The van der Waals surface area contributed by atoms with Gasteiger partial charge in [0, 0.05) is 0 Å². The summed E-state index contributed by atoms with van der Waals surface area (Å²) in [6.07, 6.45) is 0.740. The lowest BCUT2D eigenvalue weighted by Crippen LogP contribution is -2.19. The summed E-state index contributed by atoms with van der Waals surface area (Å²) in [4.78, 5) is 10.3. The first kappa shape index (κ1) is 9.33. The third-order valence-corrected chi connectivity index (χ3v) is 1.02. The van der Waals surface area contributed by atoms with Crippen molar-refractivity contribution in [1.82, 2.24) is 0 Å². The molecule has 0 aliphatic carbocycles. The molecule has 0 aromatic heterocycles. The lowest BCUT2D eigenvalue weighted by atomic mass is 10.2. The van der Waals surface area contributed by atoms with Crippen molar-refractivity contribution in [3.63, 3.8) is 0 Å². The van der Waals surface area contributed by atoms with Gasteiger partial charge in [0.25, 0.3) is 0 Å². The maximum absolute atomic E-state index is 10.3. The molecule has 0 amide bonds. The Balaban J connectivity index is 3.77. The molecule has 0 rings (SSSR count). The lowest BCUT2D eigenvalue weighted by molar-refractivity contribution is -0.112. The molecule has 0 aliphatic rings. The first-order valence-electron chi connectivity index (χ1n) is 3.09. The summed E-state index contributed by atoms with van der Waals surface area (Å²) >= 11 is 0. The molecule has 2 atom stereocenters. The van der Waals surface area contributed by atoms with Gasteiger partial charge in [0.2, 0.25) is 0 Å². The van der Waals surface area contributed by atoms with E-state index in [9.17, 15) is 4.79 Å². The number of hydrogen-bond acceptors (Lipinski definition) is 3. The van der Waals surface area contributed by atoms with Crippen LogP contribution >= 0.6 is 0 Å². The molecule has 0 fully saturated rings. The van der Waals surface area contributed by atoms with Crippen molar-refractivity contribution in [2.75, 3.05) is 0 Å². The summed E-state index contributed by atoms with van der Waals surface area (Å²) < 4.78 is 0. The van der Waals surface area contributed by atoms with E-state index in [1.54, 1.807) is 0 Å². The van der Waals surface area contributed by atoms with Crippen molar-refractivity contribution >= 4 is 5.78 Å². The van der Waals surface area contributed by atoms with E-state index in [0.29, 0.717) is 0 Å². The molecule has 0 aromatic carbocycles. The summed E-state index contributed by atoms with van der Waals surface area (Å²) in [6.45, 7) is 2.83. The lowest BCUT2D eigenvalue weighted by Gasteiger charge is -2.06. The highest BCUT2D eigenvalue weighted by atomic mass is 16.3. The second kappa shape index (κ2) is 4.19. The second-order valence-electron chi connectivity index (χ2n) is 2.20. The van der Waals surface area contributed by atoms with Crippen LogP contribution in [0.15, 0.2) is 12.2 Å². The molecule has 2 N–H and O–H groups in total. The van der Waals surface area contributed by atoms with Crippen molar-refractivity contribution in [2.45, 2.75) is 26.1 Å². The van der Waals surface area contributed by atoms with Crippen LogP contribution in [0.5, 0.6) is 0 Å². The molecule has 58 valence electrons. The number of ketones is 1. The Morgan fingerprint density at radius 1 is 1.50 bits per heavy atom. The molecule has 10 heavy (non-hydrogen) atoms. The van der Waals surface area contributed by atoms with Crippen LogP contribution in [0.1, 0.15) is 13.8 Å². The minimum Gasteiger partial charge on any atom is -0.390 e. The monoisotopic (exact) mass is 144 g/mol. The van der Waals surface area contributed by atoms with E-state index in [0.717, 1.165) is 0 Å². The van der Waals surface area contributed by atoms with Gasteiger partial charge in [0.1, 0.15) is 0 Å². The third-order valence-electron chi connectivity index (χ3n) is 1.02. The van der Waals surface area contributed by atoms with Crippen molar-refractivity contribution in [3.8, 4) is 0 Å². The topological polar surface area (TPSA) is 57.5 Å². The van der Waals surface area contributed by atoms with E-state index in [-0.39, 0.29) is 5.78 Å². The van der Waals surface area contributed by atoms with Gasteiger partial charge in [-0.2, -0.15) is 0 Å². The molecule has 0 bridgehead atoms. The van der Waals surface area contributed by atoms with Crippen LogP contribution in [0, 0.1) is 0 Å². The molecule has 3 heteroatoms. The van der Waals surface area contributed by atoms with Gasteiger partial charge in [-0.3, -0.25) is 4.79 Å². The molecular weight excluding hydrogens is 132 g/mol. The average Bonchev–Trinajstić information content (AvgIpc) is 1.82. The van der Waals surface area contributed by atoms with E-state index in [1.165, 1.54) is 26.0 Å². The zero-order valence-electron chi connectivity index (χ0n) is 6.11. The zero-order valence-corrected chi connectivity index (χ0v) is 6.11. The summed E-state index contributed by atoms with van der Waals surface area (Å²) in [6, 6.07) is 0. The summed E-state index contributed by atoms with van der Waals surface area (Å²) in [5.74, 6) is -0.139. The van der Waals surface area contributed by atoms with Crippen molar-refractivity contribution in [3.05, 3.63) is 12.2 Å². The fourth-order valence-electron chi connectivity index (χ4n) is 0.395. The van der Waals surface area contributed by atoms with Crippen molar-refractivity contribution < 1.29 is 15.0 Å². The van der Waals surface area contributed by atoms with Crippen LogP contribution in [0.3, 0.4) is 0 Å². The molecule has 0 heterocycles. The number of carbonyl (C=O) groups excluding carboxylic acids is 1. The van der Waals surface area contributed by atoms with Crippen LogP contribution in [0.4, 0.5) is 0 Å². The maximum Gasteiger partial charge on any atom is 0.152 e. The molecule has 0 aromatic rings. The predicted octanol–water partition coefficient (Wildman–Crippen LogP) is -0.127. The molecule has 0 saturated heterocycles. The van der Waals surface area contributed by atoms with Gasteiger partial charge in [-0.15, -0.1) is 0 Å². The molecular formula is C7H12O3. The first-order chi connectivity index (χ1) is 4.54. The van der Waals surface area contributed by atoms with Gasteiger partial charge < -0.3 is 10.2 Å². The second-order valence-corrected chi connectivity index (χ2v) is 2.20. The summed E-state index contributed by atoms with van der Waals surface area (Å²) in [5, 5.41) is 17.6. The third kappa shape index (κ3) is 4.23. The largest absolute Gasteiger partial charge is 0.390 e. The van der Waals surface area contributed by atoms with Crippen LogP contribution in [-0.4, -0.2) is 28.2 Å². The minimum absolute atomic E-state index is 0.139. The van der Waals surface area contributed by atoms with E-state index in [4.69, 9.17) is 10.2 Å². The Hall–Kier alpha value is -0.670. The minimum atomic E-state index is -0.941. The Morgan fingerprint density at radius 3 is 2.30 bits per heavy atom. The van der Waals surface area contributed by atoms with Crippen LogP contribution in [0.2, 0.25) is 0 Å². The van der Waals surface area contributed by atoms with E-state index >= 15 is 0 Å². The highest BCUT2D eigenvalue weighted by molar-refractivity contribution is 5.87. The molecule has 0 spiro atoms. The highest BCUT2D eigenvalue weighted by Gasteiger charge is 2.05. The van der Waals surface area contributed by atoms with Gasteiger partial charge in [-0.05, 0) is 19.9 Å². The quantitative estimate of drug-likeness (QED) is 0.542. The fraction of sp³-hybridized carbons (Fsp3) is 0.571. The first-order valence-corrected chi connectivity index (χ1v) is 3.09. The summed E-state index contributed by atoms with van der Waals surface area (Å²) in [5.41, 5.74) is 0. The molecule has 3 nitrogen and oxygen atoms in total. The van der Waals surface area contributed by atoms with Crippen molar-refractivity contribution in [1.29, 1.82) is 0 Å². The highest BCUT2D eigenvalue weighted by Crippen LogP contribution is 1.93. The molecule has 0 aliphatic heterocycles. The molecule has 0 saturated carbocycles. The Labute approximate surface area is 60.0 Å². The number of carbonyl (C=O) groups is 1. The predicted molar refractivity (Wildman–Crippen MR) is 37.5 cm³/mol. The van der Waals surface area contributed by atoms with E-state index in [1.807, 2.05) is 0 Å². The SMILES string of the molecule is CC(=O)/C=C/[C@@H](O)[C@@H](C)O. The van der Waals surface area contributed by atoms with Gasteiger partial charge in [-0.25, -0.2) is 0 Å². The van der Waals surface area contributed by atoms with Crippen LogP contribution in [0.25, 0.3) is 0 Å². The van der Waals surface area contributed by atoms with Gasteiger partial charge in [0.15, 0.2) is 5.78 Å². The number of hydrogen-bond donors (Lipinski definition) is 2. The Kier molecular flexibility index (Phi) is 3.91. The van der Waals surface area contributed by atoms with Gasteiger partial charge >= 0.3 is 0 Å². The van der Waals surface area contributed by atoms with Crippen molar-refractivity contribution in [2.24, 2.45) is 0 Å². The van der Waals surface area contributed by atoms with E-state index in [2.05, 4.69) is 0 Å². The van der Waals surface area contributed by atoms with Gasteiger partial charge in [-0.1, -0.05) is 6.08 Å². The average molecular weight is 144 g/mol. The van der Waals surface area contributed by atoms with Crippen LogP contribution < -0.4 is 0 Å². The zero-order chi connectivity index (χ0) is 8.15. The number of allylic oxidation sites excluding steroid dienone is 1. The van der Waals surface area contributed by atoms with E-state index < -0.39 is 12.2 Å². The Bertz CT molecular complexity index is 138. The number of aliphatic hydroxyl groups is 2. The number of rotatable bonds is 3.